The van der Waals surface area contributed by atoms with Crippen molar-refractivity contribution in [3.63, 3.8) is 0 Å². The van der Waals surface area contributed by atoms with Gasteiger partial charge in [0.2, 0.25) is 0 Å². The number of aromatic hydroxyl groups is 1. The third-order valence-corrected chi connectivity index (χ3v) is 3.12. The number of nitrogens with one attached hydrogen (secondary N) is 1. The molecule has 3 nitrogen and oxygen atoms in total. The molecule has 0 unspecified atom stereocenters. The summed E-state index contributed by atoms with van der Waals surface area (Å²) < 4.78 is 0. The molecule has 3 heteroatoms. The van der Waals surface area contributed by atoms with Crippen molar-refractivity contribution in [1.82, 2.24) is 0 Å². The first kappa shape index (κ1) is 11.1. The van der Waals surface area contributed by atoms with Crippen LogP contribution in [-0.4, -0.2) is 23.2 Å². The van der Waals surface area contributed by atoms with Crippen LogP contribution in [0, 0.1) is 0 Å². The Balaban J connectivity index is 2.50. The molecule has 0 bridgehead atoms. The summed E-state index contributed by atoms with van der Waals surface area (Å²) in [5.74, 6) is 0.315. The standard InChI is InChI=1S/C13H20N2O/c1-9(2)15-12-6-5-10(16)7-11(12)14-8-13(15,3)4/h5-7,9,14,16H,8H2,1-4H3. The predicted octanol–water partition coefficient (Wildman–Crippen LogP) is 2.81. The number of nitrogens with zero attached hydrogens (tertiary/aromatic N) is 1. The minimum absolute atomic E-state index is 0.0954. The molecule has 0 saturated carbocycles. The van der Waals surface area contributed by atoms with Crippen molar-refractivity contribution in [3.05, 3.63) is 18.2 Å². The maximum Gasteiger partial charge on any atom is 0.117 e. The largest absolute Gasteiger partial charge is 0.508 e. The van der Waals surface area contributed by atoms with Gasteiger partial charge in [-0.25, -0.2) is 0 Å². The minimum atomic E-state index is 0.0954. The van der Waals surface area contributed by atoms with Crippen LogP contribution in [0.4, 0.5) is 11.4 Å². The lowest BCUT2D eigenvalue weighted by atomic mass is 9.95. The van der Waals surface area contributed by atoms with Crippen LogP contribution in [0.5, 0.6) is 5.75 Å². The van der Waals surface area contributed by atoms with E-state index < -0.39 is 0 Å². The number of benzene rings is 1. The molecular formula is C13H20N2O. The Morgan fingerprint density at radius 2 is 2.06 bits per heavy atom. The van der Waals surface area contributed by atoms with E-state index >= 15 is 0 Å². The molecule has 16 heavy (non-hydrogen) atoms. The highest BCUT2D eigenvalue weighted by molar-refractivity contribution is 5.75. The summed E-state index contributed by atoms with van der Waals surface area (Å²) in [4.78, 5) is 2.40. The summed E-state index contributed by atoms with van der Waals surface area (Å²) in [7, 11) is 0. The topological polar surface area (TPSA) is 35.5 Å². The molecule has 0 aliphatic carbocycles. The Morgan fingerprint density at radius 1 is 1.38 bits per heavy atom. The Kier molecular flexibility index (Phi) is 2.49. The molecule has 1 aromatic carbocycles. The molecule has 2 rings (SSSR count). The van der Waals surface area contributed by atoms with Crippen molar-refractivity contribution in [1.29, 1.82) is 0 Å². The summed E-state index contributed by atoms with van der Waals surface area (Å²) >= 11 is 0. The molecule has 0 saturated heterocycles. The van der Waals surface area contributed by atoms with E-state index in [9.17, 15) is 5.11 Å². The normalized spacial score (nSPS) is 18.2. The lowest BCUT2D eigenvalue weighted by Crippen LogP contribution is -2.55. The van der Waals surface area contributed by atoms with Crippen LogP contribution in [0.1, 0.15) is 27.7 Å². The molecular weight excluding hydrogens is 200 g/mol. The van der Waals surface area contributed by atoms with E-state index in [2.05, 4.69) is 37.9 Å². The Labute approximate surface area is 97.1 Å². The molecule has 0 atom stereocenters. The monoisotopic (exact) mass is 220 g/mol. The van der Waals surface area contributed by atoms with Crippen LogP contribution in [0.2, 0.25) is 0 Å². The number of phenols is 1. The van der Waals surface area contributed by atoms with Crippen LogP contribution in [-0.2, 0) is 0 Å². The maximum absolute atomic E-state index is 9.48. The summed E-state index contributed by atoms with van der Waals surface area (Å²) in [6, 6.07) is 5.97. The second kappa shape index (κ2) is 3.58. The second-order valence-corrected chi connectivity index (χ2v) is 5.33. The van der Waals surface area contributed by atoms with Gasteiger partial charge in [0, 0.05) is 18.7 Å². The summed E-state index contributed by atoms with van der Waals surface area (Å²) in [5.41, 5.74) is 2.29. The van der Waals surface area contributed by atoms with E-state index in [4.69, 9.17) is 0 Å². The predicted molar refractivity (Wildman–Crippen MR) is 68.3 cm³/mol. The van der Waals surface area contributed by atoms with Gasteiger partial charge in [-0.1, -0.05) is 0 Å². The average Bonchev–Trinajstić information content (AvgIpc) is 2.16. The molecule has 0 radical (unpaired) electrons. The Morgan fingerprint density at radius 3 is 2.69 bits per heavy atom. The zero-order chi connectivity index (χ0) is 11.9. The SMILES string of the molecule is CC(C)N1c2ccc(O)cc2NCC1(C)C. The molecule has 1 aliphatic heterocycles. The van der Waals surface area contributed by atoms with E-state index in [0.717, 1.165) is 12.2 Å². The van der Waals surface area contributed by atoms with Crippen molar-refractivity contribution in [2.45, 2.75) is 39.3 Å². The molecule has 88 valence electrons. The Hall–Kier alpha value is -1.38. The number of phenolic OH excluding ortho intramolecular Hbond substituents is 1. The van der Waals surface area contributed by atoms with Gasteiger partial charge in [0.05, 0.1) is 16.9 Å². The van der Waals surface area contributed by atoms with E-state index in [1.54, 1.807) is 12.1 Å². The van der Waals surface area contributed by atoms with E-state index in [1.807, 2.05) is 6.07 Å². The highest BCUT2D eigenvalue weighted by atomic mass is 16.3. The van der Waals surface area contributed by atoms with Gasteiger partial charge in [-0.2, -0.15) is 0 Å². The molecule has 0 fully saturated rings. The number of hydrogen-bond acceptors (Lipinski definition) is 3. The zero-order valence-corrected chi connectivity index (χ0v) is 10.4. The molecule has 0 amide bonds. The van der Waals surface area contributed by atoms with Crippen molar-refractivity contribution in [2.24, 2.45) is 0 Å². The third-order valence-electron chi connectivity index (χ3n) is 3.12. The highest BCUT2D eigenvalue weighted by Crippen LogP contribution is 2.39. The zero-order valence-electron chi connectivity index (χ0n) is 10.4. The fourth-order valence-electron chi connectivity index (χ4n) is 2.58. The van der Waals surface area contributed by atoms with Crippen molar-refractivity contribution >= 4 is 11.4 Å². The quantitative estimate of drug-likeness (QED) is 0.764. The van der Waals surface area contributed by atoms with Crippen LogP contribution in [0.15, 0.2) is 18.2 Å². The third kappa shape index (κ3) is 1.70. The summed E-state index contributed by atoms with van der Waals surface area (Å²) in [5, 5.41) is 12.9. The highest BCUT2D eigenvalue weighted by Gasteiger charge is 2.34. The number of rotatable bonds is 1. The summed E-state index contributed by atoms with van der Waals surface area (Å²) in [6.07, 6.45) is 0. The van der Waals surface area contributed by atoms with E-state index in [1.165, 1.54) is 5.69 Å². The van der Waals surface area contributed by atoms with Gasteiger partial charge in [0.25, 0.3) is 0 Å². The van der Waals surface area contributed by atoms with Crippen LogP contribution < -0.4 is 10.2 Å². The van der Waals surface area contributed by atoms with Crippen LogP contribution in [0.25, 0.3) is 0 Å². The lowest BCUT2D eigenvalue weighted by Gasteiger charge is -2.48. The molecule has 2 N–H and O–H groups in total. The second-order valence-electron chi connectivity index (χ2n) is 5.33. The van der Waals surface area contributed by atoms with Crippen LogP contribution >= 0.6 is 0 Å². The lowest BCUT2D eigenvalue weighted by molar-refractivity contribution is 0.436. The van der Waals surface area contributed by atoms with Crippen LogP contribution in [0.3, 0.4) is 0 Å². The van der Waals surface area contributed by atoms with E-state index in [-0.39, 0.29) is 5.54 Å². The minimum Gasteiger partial charge on any atom is -0.508 e. The van der Waals surface area contributed by atoms with Crippen molar-refractivity contribution in [2.75, 3.05) is 16.8 Å². The van der Waals surface area contributed by atoms with Gasteiger partial charge >= 0.3 is 0 Å². The molecule has 0 aromatic heterocycles. The molecule has 1 aromatic rings. The van der Waals surface area contributed by atoms with Gasteiger partial charge in [-0.15, -0.1) is 0 Å². The fraction of sp³-hybridized carbons (Fsp3) is 0.538. The molecule has 1 aliphatic rings. The van der Waals surface area contributed by atoms with Crippen molar-refractivity contribution < 1.29 is 5.11 Å². The number of fused-ring (bicyclic) bond motifs is 1. The molecule has 1 heterocycles. The van der Waals surface area contributed by atoms with Gasteiger partial charge in [-0.3, -0.25) is 0 Å². The number of anilines is 2. The van der Waals surface area contributed by atoms with Crippen molar-refractivity contribution in [3.8, 4) is 5.75 Å². The van der Waals surface area contributed by atoms with Gasteiger partial charge in [0.15, 0.2) is 0 Å². The van der Waals surface area contributed by atoms with E-state index in [0.29, 0.717) is 11.8 Å². The molecule has 0 spiro atoms. The fourth-order valence-corrected chi connectivity index (χ4v) is 2.58. The van der Waals surface area contributed by atoms with Gasteiger partial charge in [0.1, 0.15) is 5.75 Å². The number of hydrogen-bond donors (Lipinski definition) is 2. The maximum atomic E-state index is 9.48. The summed E-state index contributed by atoms with van der Waals surface area (Å²) in [6.45, 7) is 9.75. The van der Waals surface area contributed by atoms with Gasteiger partial charge in [-0.05, 0) is 39.8 Å². The smallest absolute Gasteiger partial charge is 0.117 e. The first-order valence-electron chi connectivity index (χ1n) is 5.78. The van der Waals surface area contributed by atoms with Gasteiger partial charge < -0.3 is 15.3 Å². The Bertz CT molecular complexity index is 399. The average molecular weight is 220 g/mol. The first-order chi connectivity index (χ1) is 7.42. The first-order valence-corrected chi connectivity index (χ1v) is 5.78.